The molecule has 1 aliphatic rings. The molecule has 2 nitrogen and oxygen atoms in total. The zero-order valence-electron chi connectivity index (χ0n) is 13.2. The Kier molecular flexibility index (Phi) is 3.69. The highest BCUT2D eigenvalue weighted by molar-refractivity contribution is 6.28. The molecular formula is C20H20O2. The third kappa shape index (κ3) is 2.19. The average molecular weight is 292 g/mol. The van der Waals surface area contributed by atoms with Gasteiger partial charge in [-0.1, -0.05) is 57.2 Å². The van der Waals surface area contributed by atoms with Crippen molar-refractivity contribution in [3.05, 3.63) is 70.3 Å². The van der Waals surface area contributed by atoms with Crippen molar-refractivity contribution in [3.8, 4) is 0 Å². The van der Waals surface area contributed by atoms with E-state index in [1.54, 1.807) is 18.2 Å². The fraction of sp³-hybridized carbons (Fsp3) is 0.300. The highest BCUT2D eigenvalue weighted by Gasteiger charge is 2.30. The molecule has 2 aromatic rings. The van der Waals surface area contributed by atoms with Crippen molar-refractivity contribution in [1.29, 1.82) is 0 Å². The minimum Gasteiger partial charge on any atom is -0.289 e. The Hall–Kier alpha value is -2.22. The average Bonchev–Trinajstić information content (AvgIpc) is 2.53. The van der Waals surface area contributed by atoms with Gasteiger partial charge in [0, 0.05) is 22.3 Å². The normalized spacial score (nSPS) is 14.7. The second-order valence-corrected chi connectivity index (χ2v) is 6.27. The van der Waals surface area contributed by atoms with Crippen LogP contribution in [0.3, 0.4) is 0 Å². The summed E-state index contributed by atoms with van der Waals surface area (Å²) in [6.07, 6.45) is 1.02. The second-order valence-electron chi connectivity index (χ2n) is 6.27. The first-order valence-electron chi connectivity index (χ1n) is 7.87. The predicted octanol–water partition coefficient (Wildman–Crippen LogP) is 4.61. The van der Waals surface area contributed by atoms with E-state index in [0.717, 1.165) is 12.0 Å². The van der Waals surface area contributed by atoms with Gasteiger partial charge in [-0.05, 0) is 29.9 Å². The van der Waals surface area contributed by atoms with E-state index >= 15 is 0 Å². The molecule has 112 valence electrons. The van der Waals surface area contributed by atoms with Crippen LogP contribution >= 0.6 is 0 Å². The molecule has 22 heavy (non-hydrogen) atoms. The lowest BCUT2D eigenvalue weighted by Gasteiger charge is -2.23. The topological polar surface area (TPSA) is 34.1 Å². The Labute approximate surface area is 131 Å². The zero-order chi connectivity index (χ0) is 15.9. The Bertz CT molecular complexity index is 756. The summed E-state index contributed by atoms with van der Waals surface area (Å²) in [5.74, 6) is 0.829. The number of benzene rings is 2. The van der Waals surface area contributed by atoms with Gasteiger partial charge < -0.3 is 0 Å². The van der Waals surface area contributed by atoms with Gasteiger partial charge in [-0.15, -0.1) is 0 Å². The first-order chi connectivity index (χ1) is 10.5. The lowest BCUT2D eigenvalue weighted by Crippen LogP contribution is -2.21. The highest BCUT2D eigenvalue weighted by Crippen LogP contribution is 2.33. The number of carbonyl (C=O) groups is 2. The Morgan fingerprint density at radius 2 is 1.36 bits per heavy atom. The van der Waals surface area contributed by atoms with E-state index in [9.17, 15) is 9.59 Å². The standard InChI is InChI=1S/C20H20O2/c1-4-14(12(2)3)13-9-10-17-18(11-13)20(22)16-8-6-5-7-15(16)19(17)21/h5-12,14H,4H2,1-3H3. The van der Waals surface area contributed by atoms with Crippen LogP contribution in [0.15, 0.2) is 42.5 Å². The van der Waals surface area contributed by atoms with Crippen LogP contribution in [0, 0.1) is 5.92 Å². The van der Waals surface area contributed by atoms with Gasteiger partial charge in [0.2, 0.25) is 0 Å². The van der Waals surface area contributed by atoms with Crippen molar-refractivity contribution >= 4 is 11.6 Å². The highest BCUT2D eigenvalue weighted by atomic mass is 16.1. The molecular weight excluding hydrogens is 272 g/mol. The quantitative estimate of drug-likeness (QED) is 0.706. The second kappa shape index (κ2) is 5.53. The fourth-order valence-corrected chi connectivity index (χ4v) is 3.44. The van der Waals surface area contributed by atoms with Crippen LogP contribution < -0.4 is 0 Å². The molecule has 0 radical (unpaired) electrons. The van der Waals surface area contributed by atoms with Crippen LogP contribution in [-0.4, -0.2) is 11.6 Å². The minimum atomic E-state index is -0.0469. The van der Waals surface area contributed by atoms with Crippen molar-refractivity contribution in [3.63, 3.8) is 0 Å². The van der Waals surface area contributed by atoms with E-state index in [1.165, 1.54) is 0 Å². The monoisotopic (exact) mass is 292 g/mol. The molecule has 0 spiro atoms. The molecule has 3 rings (SSSR count). The van der Waals surface area contributed by atoms with E-state index in [4.69, 9.17) is 0 Å². The summed E-state index contributed by atoms with van der Waals surface area (Å²) in [5, 5.41) is 0. The molecule has 1 unspecified atom stereocenters. The number of hydrogen-bond acceptors (Lipinski definition) is 2. The first-order valence-corrected chi connectivity index (χ1v) is 7.87. The maximum atomic E-state index is 12.7. The summed E-state index contributed by atoms with van der Waals surface area (Å²) >= 11 is 0. The van der Waals surface area contributed by atoms with Gasteiger partial charge in [0.1, 0.15) is 0 Å². The van der Waals surface area contributed by atoms with Crippen LogP contribution in [-0.2, 0) is 0 Å². The number of fused-ring (bicyclic) bond motifs is 2. The number of rotatable bonds is 3. The van der Waals surface area contributed by atoms with Gasteiger partial charge in [-0.3, -0.25) is 9.59 Å². The molecule has 0 aromatic heterocycles. The molecule has 0 bridgehead atoms. The Balaban J connectivity index is 2.14. The number of carbonyl (C=O) groups excluding carboxylic acids is 2. The van der Waals surface area contributed by atoms with E-state index in [-0.39, 0.29) is 11.6 Å². The summed E-state index contributed by atoms with van der Waals surface area (Å²) in [4.78, 5) is 25.3. The molecule has 0 N–H and O–H groups in total. The summed E-state index contributed by atoms with van der Waals surface area (Å²) < 4.78 is 0. The maximum absolute atomic E-state index is 12.7. The molecule has 1 aliphatic carbocycles. The molecule has 0 aliphatic heterocycles. The summed E-state index contributed by atoms with van der Waals surface area (Å²) in [6.45, 7) is 6.54. The SMILES string of the molecule is CCC(c1ccc2c(c1)C(=O)c1ccccc1C2=O)C(C)C. The van der Waals surface area contributed by atoms with E-state index in [1.807, 2.05) is 24.3 Å². The summed E-state index contributed by atoms with van der Waals surface area (Å²) in [5.41, 5.74) is 3.28. The van der Waals surface area contributed by atoms with E-state index in [0.29, 0.717) is 34.1 Å². The first kappa shape index (κ1) is 14.7. The van der Waals surface area contributed by atoms with Gasteiger partial charge in [0.15, 0.2) is 11.6 Å². The Morgan fingerprint density at radius 3 is 1.91 bits per heavy atom. The molecule has 1 atom stereocenters. The lowest BCUT2D eigenvalue weighted by molar-refractivity contribution is 0.0979. The lowest BCUT2D eigenvalue weighted by atomic mass is 9.80. The molecule has 2 aromatic carbocycles. The van der Waals surface area contributed by atoms with Gasteiger partial charge in [-0.2, -0.15) is 0 Å². The van der Waals surface area contributed by atoms with Crippen LogP contribution in [0.2, 0.25) is 0 Å². The maximum Gasteiger partial charge on any atom is 0.194 e. The van der Waals surface area contributed by atoms with Gasteiger partial charge >= 0.3 is 0 Å². The predicted molar refractivity (Wildman–Crippen MR) is 87.6 cm³/mol. The van der Waals surface area contributed by atoms with Gasteiger partial charge in [0.05, 0.1) is 0 Å². The minimum absolute atomic E-state index is 0.0364. The number of hydrogen-bond donors (Lipinski definition) is 0. The fourth-order valence-electron chi connectivity index (χ4n) is 3.44. The van der Waals surface area contributed by atoms with Crippen LogP contribution in [0.1, 0.15) is 70.5 Å². The molecule has 2 heteroatoms. The Morgan fingerprint density at radius 1 is 0.818 bits per heavy atom. The van der Waals surface area contributed by atoms with E-state index in [2.05, 4.69) is 20.8 Å². The van der Waals surface area contributed by atoms with Gasteiger partial charge in [-0.25, -0.2) is 0 Å². The number of ketones is 2. The van der Waals surface area contributed by atoms with Crippen LogP contribution in [0.25, 0.3) is 0 Å². The molecule has 0 amide bonds. The summed E-state index contributed by atoms with van der Waals surface area (Å²) in [6, 6.07) is 12.8. The van der Waals surface area contributed by atoms with Crippen molar-refractivity contribution in [2.75, 3.05) is 0 Å². The largest absolute Gasteiger partial charge is 0.289 e. The molecule has 0 saturated heterocycles. The van der Waals surface area contributed by atoms with Crippen LogP contribution in [0.4, 0.5) is 0 Å². The molecule has 0 fully saturated rings. The molecule has 0 saturated carbocycles. The molecule has 0 heterocycles. The van der Waals surface area contributed by atoms with Crippen molar-refractivity contribution < 1.29 is 9.59 Å². The zero-order valence-corrected chi connectivity index (χ0v) is 13.2. The third-order valence-electron chi connectivity index (χ3n) is 4.62. The van der Waals surface area contributed by atoms with Crippen molar-refractivity contribution in [1.82, 2.24) is 0 Å². The van der Waals surface area contributed by atoms with Crippen molar-refractivity contribution in [2.24, 2.45) is 5.92 Å². The van der Waals surface area contributed by atoms with Crippen LogP contribution in [0.5, 0.6) is 0 Å². The van der Waals surface area contributed by atoms with E-state index < -0.39 is 0 Å². The third-order valence-corrected chi connectivity index (χ3v) is 4.62. The summed E-state index contributed by atoms with van der Waals surface area (Å²) in [7, 11) is 0. The van der Waals surface area contributed by atoms with Crippen molar-refractivity contribution in [2.45, 2.75) is 33.1 Å². The van der Waals surface area contributed by atoms with Gasteiger partial charge in [0.25, 0.3) is 0 Å². The smallest absolute Gasteiger partial charge is 0.194 e.